The fourth-order valence-electron chi connectivity index (χ4n) is 3.96. The molecule has 4 rings (SSSR count). The minimum Gasteiger partial charge on any atom is -0.494 e. The lowest BCUT2D eigenvalue weighted by Gasteiger charge is -2.34. The van der Waals surface area contributed by atoms with Gasteiger partial charge in [-0.2, -0.15) is 0 Å². The quantitative estimate of drug-likeness (QED) is 0.527. The van der Waals surface area contributed by atoms with Gasteiger partial charge in [0, 0.05) is 51.1 Å². The van der Waals surface area contributed by atoms with Gasteiger partial charge in [0.15, 0.2) is 5.82 Å². The zero-order valence-corrected chi connectivity index (χ0v) is 19.6. The predicted molar refractivity (Wildman–Crippen MR) is 130 cm³/mol. The molecule has 1 N–H and O–H groups in total. The van der Waals surface area contributed by atoms with Gasteiger partial charge in [0.2, 0.25) is 5.91 Å². The van der Waals surface area contributed by atoms with Gasteiger partial charge >= 0.3 is 0 Å². The summed E-state index contributed by atoms with van der Waals surface area (Å²) in [6, 6.07) is 17.7. The molecule has 2 heterocycles. The molecule has 8 heteroatoms. The molecule has 1 amide bonds. The lowest BCUT2D eigenvalue weighted by Crippen LogP contribution is -2.48. The van der Waals surface area contributed by atoms with E-state index in [2.05, 4.69) is 39.1 Å². The number of rotatable bonds is 9. The Morgan fingerprint density at radius 3 is 2.41 bits per heavy atom. The van der Waals surface area contributed by atoms with Crippen molar-refractivity contribution in [1.82, 2.24) is 25.0 Å². The lowest BCUT2D eigenvalue weighted by atomic mass is 10.1. The minimum absolute atomic E-state index is 0.0484. The van der Waals surface area contributed by atoms with Crippen molar-refractivity contribution < 1.29 is 9.53 Å². The summed E-state index contributed by atoms with van der Waals surface area (Å²) < 4.78 is 5.58. The van der Waals surface area contributed by atoms with Crippen LogP contribution >= 0.6 is 0 Å². The molecular weight excluding hydrogens is 430 g/mol. The molecule has 0 spiro atoms. The average molecular weight is 462 g/mol. The molecule has 0 radical (unpaired) electrons. The Kier molecular flexibility index (Phi) is 8.04. The molecule has 0 unspecified atom stereocenters. The zero-order chi connectivity index (χ0) is 23.8. The van der Waals surface area contributed by atoms with Crippen LogP contribution in [0, 0.1) is 0 Å². The van der Waals surface area contributed by atoms with Crippen LogP contribution in [0.4, 0.5) is 0 Å². The maximum Gasteiger partial charge on any atom is 0.273 e. The molecule has 178 valence electrons. The number of piperazine rings is 1. The Morgan fingerprint density at radius 2 is 1.74 bits per heavy atom. The van der Waals surface area contributed by atoms with Crippen LogP contribution < -0.4 is 10.3 Å². The second kappa shape index (κ2) is 11.6. The van der Waals surface area contributed by atoms with Crippen LogP contribution in [0.1, 0.15) is 31.0 Å². The molecule has 1 saturated heterocycles. The van der Waals surface area contributed by atoms with E-state index in [1.165, 1.54) is 5.56 Å². The number of benzene rings is 2. The Hall–Kier alpha value is -3.52. The number of ether oxygens (including phenoxy) is 1. The van der Waals surface area contributed by atoms with Crippen molar-refractivity contribution in [3.63, 3.8) is 0 Å². The van der Waals surface area contributed by atoms with E-state index in [9.17, 15) is 9.59 Å². The molecule has 8 nitrogen and oxygen atoms in total. The van der Waals surface area contributed by atoms with Crippen molar-refractivity contribution >= 4 is 5.91 Å². The van der Waals surface area contributed by atoms with E-state index >= 15 is 0 Å². The highest BCUT2D eigenvalue weighted by Gasteiger charge is 2.21. The topological polar surface area (TPSA) is 91.4 Å². The smallest absolute Gasteiger partial charge is 0.273 e. The number of H-pyrrole nitrogens is 1. The van der Waals surface area contributed by atoms with Crippen LogP contribution in [0.25, 0.3) is 11.4 Å². The maximum absolute atomic E-state index is 12.7. The molecule has 0 aliphatic carbocycles. The highest BCUT2D eigenvalue weighted by molar-refractivity contribution is 5.76. The number of nitrogens with zero attached hydrogens (tertiary/aromatic N) is 4. The predicted octanol–water partition coefficient (Wildman–Crippen LogP) is 2.90. The molecule has 1 aliphatic rings. The number of nitrogens with one attached hydrogen (secondary N) is 1. The third kappa shape index (κ3) is 6.29. The third-order valence-corrected chi connectivity index (χ3v) is 5.92. The van der Waals surface area contributed by atoms with E-state index in [4.69, 9.17) is 4.74 Å². The first-order valence-electron chi connectivity index (χ1n) is 11.9. The highest BCUT2D eigenvalue weighted by atomic mass is 16.5. The largest absolute Gasteiger partial charge is 0.494 e. The van der Waals surface area contributed by atoms with E-state index in [0.717, 1.165) is 37.4 Å². The summed E-state index contributed by atoms with van der Waals surface area (Å²) in [5, 5.41) is 8.26. The molecule has 0 saturated carbocycles. The van der Waals surface area contributed by atoms with E-state index < -0.39 is 0 Å². The normalized spacial score (nSPS) is 14.2. The number of carbonyl (C=O) groups is 1. The van der Waals surface area contributed by atoms with Crippen molar-refractivity contribution in [2.24, 2.45) is 0 Å². The molecule has 1 fully saturated rings. The zero-order valence-electron chi connectivity index (χ0n) is 19.6. The number of hydrogen-bond donors (Lipinski definition) is 1. The van der Waals surface area contributed by atoms with Crippen molar-refractivity contribution in [1.29, 1.82) is 0 Å². The van der Waals surface area contributed by atoms with Gasteiger partial charge in [-0.3, -0.25) is 14.5 Å². The van der Waals surface area contributed by atoms with E-state index in [-0.39, 0.29) is 30.0 Å². The summed E-state index contributed by atoms with van der Waals surface area (Å²) in [5.41, 5.74) is 2.01. The second-order valence-corrected chi connectivity index (χ2v) is 8.46. The minimum atomic E-state index is -0.309. The first kappa shape index (κ1) is 23.6. The SMILES string of the molecule is CCCOc1ccc(-c2nnc(CCC(=O)N3CCN(Cc4ccccc4)CC3)c(=O)[nH]2)cc1. The van der Waals surface area contributed by atoms with Gasteiger partial charge in [-0.05, 0) is 36.2 Å². The standard InChI is InChI=1S/C26H31N5O3/c1-2-18-34-22-10-8-21(9-11-22)25-27-26(33)23(28-29-25)12-13-24(32)31-16-14-30(15-17-31)19-20-6-4-3-5-7-20/h3-11H,2,12-19H2,1H3,(H,27,29,33). The van der Waals surface area contributed by atoms with Gasteiger partial charge in [0.25, 0.3) is 5.56 Å². The molecule has 1 aromatic heterocycles. The van der Waals surface area contributed by atoms with Gasteiger partial charge in [-0.25, -0.2) is 0 Å². The fourth-order valence-corrected chi connectivity index (χ4v) is 3.96. The fraction of sp³-hybridized carbons (Fsp3) is 0.385. The monoisotopic (exact) mass is 461 g/mol. The maximum atomic E-state index is 12.7. The second-order valence-electron chi connectivity index (χ2n) is 8.46. The summed E-state index contributed by atoms with van der Waals surface area (Å²) in [5.74, 6) is 1.22. The summed E-state index contributed by atoms with van der Waals surface area (Å²) in [7, 11) is 0. The Bertz CT molecular complexity index is 1120. The van der Waals surface area contributed by atoms with Gasteiger partial charge in [0.05, 0.1) is 6.61 Å². The summed E-state index contributed by atoms with van der Waals surface area (Å²) in [6.07, 6.45) is 1.46. The first-order chi connectivity index (χ1) is 16.6. The van der Waals surface area contributed by atoms with Gasteiger partial charge in [-0.15, -0.1) is 10.2 Å². The molecule has 3 aromatic rings. The Balaban J connectivity index is 1.26. The van der Waals surface area contributed by atoms with Crippen LogP contribution in [0.3, 0.4) is 0 Å². The number of aromatic amines is 1. The number of carbonyl (C=O) groups excluding carboxylic acids is 1. The number of hydrogen-bond acceptors (Lipinski definition) is 6. The van der Waals surface area contributed by atoms with Crippen molar-refractivity contribution in [2.45, 2.75) is 32.7 Å². The van der Waals surface area contributed by atoms with Crippen molar-refractivity contribution in [3.05, 3.63) is 76.2 Å². The van der Waals surface area contributed by atoms with Crippen LogP contribution in [0.15, 0.2) is 59.4 Å². The third-order valence-electron chi connectivity index (χ3n) is 5.92. The number of aromatic nitrogens is 3. The first-order valence-corrected chi connectivity index (χ1v) is 11.9. The van der Waals surface area contributed by atoms with E-state index in [1.54, 1.807) is 0 Å². The summed E-state index contributed by atoms with van der Waals surface area (Å²) >= 11 is 0. The Labute approximate surface area is 199 Å². The van der Waals surface area contributed by atoms with Crippen molar-refractivity contribution in [3.8, 4) is 17.1 Å². The summed E-state index contributed by atoms with van der Waals surface area (Å²) in [4.78, 5) is 32.2. The number of amides is 1. The van der Waals surface area contributed by atoms with Gasteiger partial charge in [0.1, 0.15) is 11.4 Å². The molecule has 0 atom stereocenters. The van der Waals surface area contributed by atoms with Crippen molar-refractivity contribution in [2.75, 3.05) is 32.8 Å². The summed E-state index contributed by atoms with van der Waals surface area (Å²) in [6.45, 7) is 6.70. The molecule has 34 heavy (non-hydrogen) atoms. The van der Waals surface area contributed by atoms with Crippen LogP contribution in [0.2, 0.25) is 0 Å². The molecule has 2 aromatic carbocycles. The molecule has 0 bridgehead atoms. The molecular formula is C26H31N5O3. The van der Waals surface area contributed by atoms with E-state index in [0.29, 0.717) is 25.5 Å². The van der Waals surface area contributed by atoms with Gasteiger partial charge in [-0.1, -0.05) is 37.3 Å². The average Bonchev–Trinajstić information content (AvgIpc) is 2.88. The van der Waals surface area contributed by atoms with Crippen LogP contribution in [-0.4, -0.2) is 63.7 Å². The highest BCUT2D eigenvalue weighted by Crippen LogP contribution is 2.18. The number of aryl methyl sites for hydroxylation is 1. The van der Waals surface area contributed by atoms with Crippen LogP contribution in [-0.2, 0) is 17.8 Å². The van der Waals surface area contributed by atoms with Gasteiger partial charge < -0.3 is 14.6 Å². The lowest BCUT2D eigenvalue weighted by molar-refractivity contribution is -0.133. The van der Waals surface area contributed by atoms with E-state index in [1.807, 2.05) is 47.4 Å². The van der Waals surface area contributed by atoms with Crippen LogP contribution in [0.5, 0.6) is 5.75 Å². The Morgan fingerprint density at radius 1 is 1.00 bits per heavy atom. The molecule has 1 aliphatic heterocycles.